The minimum Gasteiger partial charge on any atom is -0.382 e. The Kier molecular flexibility index (Phi) is 23.1. The number of hydrogen-bond donors (Lipinski definition) is 1. The molecule has 0 aliphatic rings. The van der Waals surface area contributed by atoms with Gasteiger partial charge in [-0.25, -0.2) is 0 Å². The van der Waals surface area contributed by atoms with Gasteiger partial charge in [-0.3, -0.25) is 4.79 Å². The van der Waals surface area contributed by atoms with Crippen molar-refractivity contribution in [1.29, 1.82) is 0 Å². The van der Waals surface area contributed by atoms with Gasteiger partial charge in [-0.15, -0.1) is 0 Å². The van der Waals surface area contributed by atoms with Crippen molar-refractivity contribution in [1.82, 2.24) is 4.90 Å². The van der Waals surface area contributed by atoms with Crippen molar-refractivity contribution in [3.8, 4) is 0 Å². The van der Waals surface area contributed by atoms with Crippen LogP contribution in [0.5, 0.6) is 0 Å². The predicted octanol–water partition coefficient (Wildman–Crippen LogP) is 4.87. The summed E-state index contributed by atoms with van der Waals surface area (Å²) in [5, 5.41) is 3.10. The fourth-order valence-electron chi connectivity index (χ4n) is 1.34. The molecule has 3 nitrogen and oxygen atoms in total. The zero-order valence-corrected chi connectivity index (χ0v) is 16.2. The van der Waals surface area contributed by atoms with E-state index in [1.54, 1.807) is 6.07 Å². The lowest BCUT2D eigenvalue weighted by atomic mass is 10.2. The molecule has 21 heavy (non-hydrogen) atoms. The van der Waals surface area contributed by atoms with Gasteiger partial charge < -0.3 is 10.2 Å². The highest BCUT2D eigenvalue weighted by Crippen LogP contribution is 2.04. The van der Waals surface area contributed by atoms with E-state index in [0.717, 1.165) is 32.5 Å². The van der Waals surface area contributed by atoms with Gasteiger partial charge in [-0.2, -0.15) is 0 Å². The quantitative estimate of drug-likeness (QED) is 0.574. The molecule has 0 unspecified atom stereocenters. The highest BCUT2D eigenvalue weighted by molar-refractivity contribution is 7.71. The average molecular weight is 317 g/mol. The molecular weight excluding hydrogens is 280 g/mol. The van der Waals surface area contributed by atoms with Crippen LogP contribution >= 0.6 is 12.2 Å². The summed E-state index contributed by atoms with van der Waals surface area (Å²) in [6, 6.07) is 1.73. The summed E-state index contributed by atoms with van der Waals surface area (Å²) >= 11 is 4.76. The van der Waals surface area contributed by atoms with E-state index in [1.807, 2.05) is 41.5 Å². The summed E-state index contributed by atoms with van der Waals surface area (Å²) in [6.07, 6.45) is 2.24. The Bertz CT molecular complexity index is 370. The Labute approximate surface area is 137 Å². The number of nitrogens with one attached hydrogen (secondary N) is 1. The first-order valence-electron chi connectivity index (χ1n) is 8.38. The van der Waals surface area contributed by atoms with Crippen LogP contribution in [0.1, 0.15) is 61.3 Å². The molecule has 0 bridgehead atoms. The van der Waals surface area contributed by atoms with Gasteiger partial charge in [0.05, 0.1) is 10.2 Å². The van der Waals surface area contributed by atoms with Crippen LogP contribution in [0.25, 0.3) is 0 Å². The second kappa shape index (κ2) is 19.3. The molecule has 0 heterocycles. The molecule has 1 N–H and O–H groups in total. The minimum absolute atomic E-state index is 0.00400. The SMILES string of the molecule is CC.CC.CC.CCN(C)CCCCNc1cc(=S)c1=O. The van der Waals surface area contributed by atoms with E-state index < -0.39 is 0 Å². The first kappa shape index (κ1) is 25.2. The summed E-state index contributed by atoms with van der Waals surface area (Å²) in [7, 11) is 2.11. The second-order valence-electron chi connectivity index (χ2n) is 3.78. The van der Waals surface area contributed by atoms with Crippen molar-refractivity contribution >= 4 is 17.9 Å². The normalized spacial score (nSPS) is 8.81. The molecule has 1 aromatic rings. The number of unbranched alkanes of at least 4 members (excludes halogenated alkanes) is 1. The molecule has 1 aromatic carbocycles. The van der Waals surface area contributed by atoms with Gasteiger partial charge >= 0.3 is 0 Å². The maximum Gasteiger partial charge on any atom is 0.219 e. The third-order valence-electron chi connectivity index (χ3n) is 2.57. The molecule has 0 aliphatic carbocycles. The molecular formula is C17H36N2OS. The van der Waals surface area contributed by atoms with Crippen LogP contribution in [0.3, 0.4) is 0 Å². The topological polar surface area (TPSA) is 32.3 Å². The summed E-state index contributed by atoms with van der Waals surface area (Å²) in [5.74, 6) is 0. The molecule has 0 fully saturated rings. The first-order valence-corrected chi connectivity index (χ1v) is 8.78. The Balaban J connectivity index is -0.000000478. The van der Waals surface area contributed by atoms with Crippen molar-refractivity contribution in [2.24, 2.45) is 0 Å². The van der Waals surface area contributed by atoms with Crippen molar-refractivity contribution < 1.29 is 0 Å². The van der Waals surface area contributed by atoms with Gasteiger partial charge in [0, 0.05) is 6.54 Å². The average Bonchev–Trinajstić information content (AvgIpc) is 2.58. The Hall–Kier alpha value is -0.740. The van der Waals surface area contributed by atoms with Crippen molar-refractivity contribution in [2.75, 3.05) is 32.0 Å². The molecule has 4 heteroatoms. The van der Waals surface area contributed by atoms with Gasteiger partial charge in [0.15, 0.2) is 0 Å². The first-order chi connectivity index (χ1) is 10.1. The maximum absolute atomic E-state index is 11.1. The zero-order chi connectivity index (χ0) is 17.3. The molecule has 0 aromatic heterocycles. The largest absolute Gasteiger partial charge is 0.382 e. The van der Waals surface area contributed by atoms with Crippen LogP contribution in [-0.2, 0) is 0 Å². The lowest BCUT2D eigenvalue weighted by molar-refractivity contribution is 0.345. The minimum atomic E-state index is -0.00400. The third-order valence-corrected chi connectivity index (χ3v) is 2.87. The van der Waals surface area contributed by atoms with Crippen LogP contribution in [-0.4, -0.2) is 31.6 Å². The van der Waals surface area contributed by atoms with E-state index in [9.17, 15) is 4.79 Å². The van der Waals surface area contributed by atoms with Crippen molar-refractivity contribution in [2.45, 2.75) is 61.3 Å². The summed E-state index contributed by atoms with van der Waals surface area (Å²) in [5.41, 5.74) is 0.680. The fraction of sp³-hybridized carbons (Fsp3) is 0.765. The predicted molar refractivity (Wildman–Crippen MR) is 101 cm³/mol. The smallest absolute Gasteiger partial charge is 0.219 e. The second-order valence-corrected chi connectivity index (χ2v) is 4.22. The molecule has 0 radical (unpaired) electrons. The number of anilines is 1. The Morgan fingerprint density at radius 2 is 1.62 bits per heavy atom. The van der Waals surface area contributed by atoms with Crippen molar-refractivity contribution in [3.63, 3.8) is 0 Å². The van der Waals surface area contributed by atoms with Gasteiger partial charge in [0.25, 0.3) is 0 Å². The van der Waals surface area contributed by atoms with Crippen LogP contribution in [0.15, 0.2) is 10.9 Å². The van der Waals surface area contributed by atoms with E-state index >= 15 is 0 Å². The Morgan fingerprint density at radius 1 is 1.10 bits per heavy atom. The number of rotatable bonds is 7. The van der Waals surface area contributed by atoms with Gasteiger partial charge in [-0.1, -0.05) is 60.7 Å². The van der Waals surface area contributed by atoms with E-state index in [2.05, 4.69) is 24.2 Å². The monoisotopic (exact) mass is 316 g/mol. The molecule has 0 atom stereocenters. The molecule has 0 spiro atoms. The standard InChI is InChI=1S/C11H18N2OS.3C2H6/c1-3-13(2)7-5-4-6-12-9-8-10(15)11(9)14;3*1-2/h8,12H,3-7H2,1-2H3;3*1-2H3. The molecule has 0 aliphatic heterocycles. The van der Waals surface area contributed by atoms with E-state index in [-0.39, 0.29) is 5.43 Å². The third kappa shape index (κ3) is 12.7. The zero-order valence-electron chi connectivity index (χ0n) is 15.4. The maximum atomic E-state index is 11.1. The number of nitrogens with zero attached hydrogens (tertiary/aromatic N) is 1. The number of hydrogen-bond acceptors (Lipinski definition) is 4. The highest BCUT2D eigenvalue weighted by atomic mass is 32.1. The highest BCUT2D eigenvalue weighted by Gasteiger charge is 2.04. The summed E-state index contributed by atoms with van der Waals surface area (Å²) in [4.78, 5) is 13.4. The molecule has 0 saturated heterocycles. The molecule has 1 rings (SSSR count). The lowest BCUT2D eigenvalue weighted by Crippen LogP contribution is -2.20. The van der Waals surface area contributed by atoms with Gasteiger partial charge in [0.1, 0.15) is 0 Å². The van der Waals surface area contributed by atoms with Gasteiger partial charge in [0.2, 0.25) is 5.43 Å². The summed E-state index contributed by atoms with van der Waals surface area (Å²) < 4.78 is 0.447. The van der Waals surface area contributed by atoms with Gasteiger partial charge in [-0.05, 0) is 39.0 Å². The van der Waals surface area contributed by atoms with E-state index in [1.165, 1.54) is 0 Å². The van der Waals surface area contributed by atoms with E-state index in [0.29, 0.717) is 10.2 Å². The lowest BCUT2D eigenvalue weighted by Gasteiger charge is -2.13. The summed E-state index contributed by atoms with van der Waals surface area (Å²) in [6.45, 7) is 17.2. The van der Waals surface area contributed by atoms with E-state index in [4.69, 9.17) is 12.2 Å². The molecule has 0 amide bonds. The van der Waals surface area contributed by atoms with Crippen LogP contribution in [0.4, 0.5) is 5.69 Å². The fourth-order valence-corrected chi connectivity index (χ4v) is 1.56. The van der Waals surface area contributed by atoms with Crippen LogP contribution < -0.4 is 10.7 Å². The molecule has 0 saturated carbocycles. The van der Waals surface area contributed by atoms with Crippen LogP contribution in [0, 0.1) is 4.51 Å². The van der Waals surface area contributed by atoms with Crippen LogP contribution in [0.2, 0.25) is 0 Å². The molecule has 126 valence electrons. The Morgan fingerprint density at radius 3 is 2.00 bits per heavy atom. The van der Waals surface area contributed by atoms with Crippen molar-refractivity contribution in [3.05, 3.63) is 20.8 Å².